The van der Waals surface area contributed by atoms with Crippen LogP contribution in [0.2, 0.25) is 0 Å². The Bertz CT molecular complexity index is 456. The zero-order chi connectivity index (χ0) is 15.2. The van der Waals surface area contributed by atoms with Crippen molar-refractivity contribution in [2.75, 3.05) is 30.9 Å². The van der Waals surface area contributed by atoms with Gasteiger partial charge >= 0.3 is 0 Å². The van der Waals surface area contributed by atoms with Gasteiger partial charge in [0.15, 0.2) is 0 Å². The Labute approximate surface area is 120 Å². The Morgan fingerprint density at radius 2 is 2.15 bits per heavy atom. The number of aliphatic hydroxyl groups excluding tert-OH is 1. The molecule has 3 N–H and O–H groups in total. The van der Waals surface area contributed by atoms with Crippen molar-refractivity contribution in [2.45, 2.75) is 27.2 Å². The molecule has 0 aliphatic carbocycles. The largest absolute Gasteiger partial charge is 0.494 e. The number of hydrogen-bond donors (Lipinski definition) is 3. The van der Waals surface area contributed by atoms with Crippen molar-refractivity contribution in [1.29, 1.82) is 0 Å². The minimum Gasteiger partial charge on any atom is -0.494 e. The smallest absolute Gasteiger partial charge is 0.221 e. The molecule has 1 rings (SSSR count). The molecule has 5 nitrogen and oxygen atoms in total. The minimum atomic E-state index is -0.149. The number of methoxy groups -OCH3 is 1. The van der Waals surface area contributed by atoms with Gasteiger partial charge < -0.3 is 20.5 Å². The summed E-state index contributed by atoms with van der Waals surface area (Å²) in [4.78, 5) is 11.1. The van der Waals surface area contributed by atoms with Crippen molar-refractivity contribution in [3.63, 3.8) is 0 Å². The standard InChI is InChI=1S/C15H24N2O3/c1-5-15(3,10-18)9-16-12-6-7-13(17-11(2)19)14(8-12)20-4/h6-8,16,18H,5,9-10H2,1-4H3,(H,17,19). The van der Waals surface area contributed by atoms with Gasteiger partial charge in [0.25, 0.3) is 0 Å². The third-order valence-electron chi connectivity index (χ3n) is 3.47. The van der Waals surface area contributed by atoms with E-state index in [4.69, 9.17) is 4.74 Å². The molecule has 0 aliphatic heterocycles. The van der Waals surface area contributed by atoms with Gasteiger partial charge in [-0.1, -0.05) is 13.8 Å². The summed E-state index contributed by atoms with van der Waals surface area (Å²) >= 11 is 0. The fourth-order valence-corrected chi connectivity index (χ4v) is 1.70. The van der Waals surface area contributed by atoms with Crippen LogP contribution in [0.4, 0.5) is 11.4 Å². The monoisotopic (exact) mass is 280 g/mol. The lowest BCUT2D eigenvalue weighted by atomic mass is 9.88. The Balaban J connectivity index is 2.80. The van der Waals surface area contributed by atoms with Crippen molar-refractivity contribution in [1.82, 2.24) is 0 Å². The quantitative estimate of drug-likeness (QED) is 0.717. The molecule has 1 aromatic carbocycles. The second-order valence-electron chi connectivity index (χ2n) is 5.27. The van der Waals surface area contributed by atoms with Gasteiger partial charge in [-0.25, -0.2) is 0 Å². The SMILES string of the molecule is CCC(C)(CO)CNc1ccc(NC(C)=O)c(OC)c1. The summed E-state index contributed by atoms with van der Waals surface area (Å²) in [5.41, 5.74) is 1.39. The summed E-state index contributed by atoms with van der Waals surface area (Å²) in [5.74, 6) is 0.468. The second-order valence-corrected chi connectivity index (χ2v) is 5.27. The highest BCUT2D eigenvalue weighted by atomic mass is 16.5. The lowest BCUT2D eigenvalue weighted by Crippen LogP contribution is -2.29. The number of anilines is 2. The highest BCUT2D eigenvalue weighted by Crippen LogP contribution is 2.29. The molecule has 0 spiro atoms. The van der Waals surface area contributed by atoms with E-state index in [0.29, 0.717) is 18.0 Å². The lowest BCUT2D eigenvalue weighted by molar-refractivity contribution is -0.114. The van der Waals surface area contributed by atoms with Crippen LogP contribution >= 0.6 is 0 Å². The van der Waals surface area contributed by atoms with Gasteiger partial charge in [0, 0.05) is 30.6 Å². The van der Waals surface area contributed by atoms with Crippen LogP contribution in [0, 0.1) is 5.41 Å². The highest BCUT2D eigenvalue weighted by molar-refractivity contribution is 5.90. The zero-order valence-electron chi connectivity index (χ0n) is 12.6. The average molecular weight is 280 g/mol. The van der Waals surface area contributed by atoms with Crippen molar-refractivity contribution in [2.24, 2.45) is 5.41 Å². The molecule has 1 unspecified atom stereocenters. The number of rotatable bonds is 7. The molecule has 5 heteroatoms. The molecule has 0 heterocycles. The van der Waals surface area contributed by atoms with E-state index in [1.807, 2.05) is 19.1 Å². The van der Waals surface area contributed by atoms with E-state index in [1.165, 1.54) is 6.92 Å². The molecule has 1 amide bonds. The normalized spacial score (nSPS) is 13.4. The first kappa shape index (κ1) is 16.3. The molecule has 0 bridgehead atoms. The molecule has 0 aromatic heterocycles. The van der Waals surface area contributed by atoms with Crippen molar-refractivity contribution in [3.05, 3.63) is 18.2 Å². The summed E-state index contributed by atoms with van der Waals surface area (Å²) in [6, 6.07) is 5.50. The maximum Gasteiger partial charge on any atom is 0.221 e. The first-order valence-electron chi connectivity index (χ1n) is 6.74. The predicted molar refractivity (Wildman–Crippen MR) is 81.3 cm³/mol. The Morgan fingerprint density at radius 3 is 2.65 bits per heavy atom. The van der Waals surface area contributed by atoms with Gasteiger partial charge in [-0.05, 0) is 18.6 Å². The van der Waals surface area contributed by atoms with Crippen LogP contribution < -0.4 is 15.4 Å². The van der Waals surface area contributed by atoms with E-state index in [9.17, 15) is 9.90 Å². The van der Waals surface area contributed by atoms with Crippen molar-refractivity contribution < 1.29 is 14.6 Å². The van der Waals surface area contributed by atoms with E-state index in [-0.39, 0.29) is 17.9 Å². The Morgan fingerprint density at radius 1 is 1.45 bits per heavy atom. The van der Waals surface area contributed by atoms with E-state index >= 15 is 0 Å². The maximum absolute atomic E-state index is 11.1. The number of hydrogen-bond acceptors (Lipinski definition) is 4. The molecule has 0 aliphatic rings. The second kappa shape index (κ2) is 7.14. The van der Waals surface area contributed by atoms with E-state index in [0.717, 1.165) is 12.1 Å². The fraction of sp³-hybridized carbons (Fsp3) is 0.533. The van der Waals surface area contributed by atoms with Gasteiger partial charge in [-0.15, -0.1) is 0 Å². The van der Waals surface area contributed by atoms with Crippen molar-refractivity contribution >= 4 is 17.3 Å². The summed E-state index contributed by atoms with van der Waals surface area (Å²) in [5, 5.41) is 15.4. The number of carbonyl (C=O) groups excluding carboxylic acids is 1. The Kier molecular flexibility index (Phi) is 5.82. The van der Waals surface area contributed by atoms with Gasteiger partial charge in [0.05, 0.1) is 19.4 Å². The number of benzene rings is 1. The molecule has 1 aromatic rings. The molecular formula is C15H24N2O3. The molecule has 0 radical (unpaired) electrons. The van der Waals surface area contributed by atoms with E-state index in [2.05, 4.69) is 17.6 Å². The molecule has 0 saturated heterocycles. The maximum atomic E-state index is 11.1. The molecule has 0 saturated carbocycles. The number of amides is 1. The lowest BCUT2D eigenvalue weighted by Gasteiger charge is -2.26. The van der Waals surface area contributed by atoms with Crippen LogP contribution in [0.1, 0.15) is 27.2 Å². The van der Waals surface area contributed by atoms with Crippen molar-refractivity contribution in [3.8, 4) is 5.75 Å². The Hall–Kier alpha value is -1.75. The first-order chi connectivity index (χ1) is 9.44. The highest BCUT2D eigenvalue weighted by Gasteiger charge is 2.20. The molecule has 0 fully saturated rings. The van der Waals surface area contributed by atoms with Crippen LogP contribution in [0.5, 0.6) is 5.75 Å². The van der Waals surface area contributed by atoms with Gasteiger partial charge in [0.1, 0.15) is 5.75 Å². The zero-order valence-corrected chi connectivity index (χ0v) is 12.6. The number of nitrogens with one attached hydrogen (secondary N) is 2. The third-order valence-corrected chi connectivity index (χ3v) is 3.47. The van der Waals surface area contributed by atoms with E-state index < -0.39 is 0 Å². The molecule has 1 atom stereocenters. The average Bonchev–Trinajstić information content (AvgIpc) is 2.45. The predicted octanol–water partition coefficient (Wildman–Crippen LogP) is 2.47. The number of ether oxygens (including phenoxy) is 1. The van der Waals surface area contributed by atoms with Gasteiger partial charge in [0.2, 0.25) is 5.91 Å². The van der Waals surface area contributed by atoms with Gasteiger partial charge in [-0.3, -0.25) is 4.79 Å². The van der Waals surface area contributed by atoms with Crippen LogP contribution in [0.15, 0.2) is 18.2 Å². The van der Waals surface area contributed by atoms with Crippen LogP contribution in [-0.2, 0) is 4.79 Å². The summed E-state index contributed by atoms with van der Waals surface area (Å²) in [6.45, 7) is 6.35. The summed E-state index contributed by atoms with van der Waals surface area (Å²) < 4.78 is 5.27. The summed E-state index contributed by atoms with van der Waals surface area (Å²) in [7, 11) is 1.56. The third kappa shape index (κ3) is 4.42. The van der Waals surface area contributed by atoms with Crippen LogP contribution in [0.3, 0.4) is 0 Å². The number of aliphatic hydroxyl groups is 1. The van der Waals surface area contributed by atoms with E-state index in [1.54, 1.807) is 13.2 Å². The number of carbonyl (C=O) groups is 1. The summed E-state index contributed by atoms with van der Waals surface area (Å²) in [6.07, 6.45) is 0.887. The first-order valence-corrected chi connectivity index (χ1v) is 6.74. The van der Waals surface area contributed by atoms with Gasteiger partial charge in [-0.2, -0.15) is 0 Å². The molecule has 112 valence electrons. The molecular weight excluding hydrogens is 256 g/mol. The fourth-order valence-electron chi connectivity index (χ4n) is 1.70. The van der Waals surface area contributed by atoms with Crippen LogP contribution in [-0.4, -0.2) is 31.3 Å². The minimum absolute atomic E-state index is 0.136. The molecule has 20 heavy (non-hydrogen) atoms. The topological polar surface area (TPSA) is 70.6 Å². The van der Waals surface area contributed by atoms with Crippen LogP contribution in [0.25, 0.3) is 0 Å².